The topological polar surface area (TPSA) is 122 Å². The minimum absolute atomic E-state index is 0.154. The third-order valence-corrected chi connectivity index (χ3v) is 6.99. The first-order valence-corrected chi connectivity index (χ1v) is 13.0. The number of nitriles is 1. The maximum absolute atomic E-state index is 14.1. The van der Waals surface area contributed by atoms with Crippen molar-refractivity contribution in [3.63, 3.8) is 0 Å². The first kappa shape index (κ1) is 25.0. The molecule has 1 aromatic carbocycles. The van der Waals surface area contributed by atoms with Crippen LogP contribution in [0.4, 0.5) is 0 Å². The highest BCUT2D eigenvalue weighted by Crippen LogP contribution is 2.33. The van der Waals surface area contributed by atoms with E-state index in [0.29, 0.717) is 23.8 Å². The summed E-state index contributed by atoms with van der Waals surface area (Å²) in [6.45, 7) is 5.35. The Labute approximate surface area is 220 Å². The number of imidazole rings is 1. The number of aromatic amines is 1. The van der Waals surface area contributed by atoms with Gasteiger partial charge in [0.25, 0.3) is 0 Å². The van der Waals surface area contributed by atoms with Crippen LogP contribution in [-0.4, -0.2) is 34.3 Å². The summed E-state index contributed by atoms with van der Waals surface area (Å²) < 4.78 is 5.50. The molecule has 194 valence electrons. The number of allylic oxidation sites excluding steroid dienone is 2. The lowest BCUT2D eigenvalue weighted by atomic mass is 9.78. The number of hydrogen-bond acceptors (Lipinski definition) is 6. The number of hydrogen-bond donors (Lipinski definition) is 2. The zero-order valence-electron chi connectivity index (χ0n) is 21.6. The average molecular weight is 510 g/mol. The number of dihydropyridines is 1. The molecule has 0 radical (unpaired) electrons. The second kappa shape index (κ2) is 10.8. The van der Waals surface area contributed by atoms with Crippen LogP contribution < -0.4 is 11.0 Å². The molecule has 1 aliphatic rings. The predicted octanol–water partition coefficient (Wildman–Crippen LogP) is 3.81. The van der Waals surface area contributed by atoms with Crippen molar-refractivity contribution in [1.29, 1.82) is 5.26 Å². The fourth-order valence-electron chi connectivity index (χ4n) is 5.04. The number of H-pyrrole nitrogens is 1. The summed E-state index contributed by atoms with van der Waals surface area (Å²) >= 11 is 0. The van der Waals surface area contributed by atoms with Gasteiger partial charge in [-0.3, -0.25) is 9.13 Å². The van der Waals surface area contributed by atoms with E-state index in [-0.39, 0.29) is 5.69 Å². The molecule has 10 nitrogen and oxygen atoms in total. The van der Waals surface area contributed by atoms with Crippen LogP contribution in [0.25, 0.3) is 17.2 Å². The fraction of sp³-hybridized carbons (Fsp3) is 0.321. The molecule has 4 heterocycles. The van der Waals surface area contributed by atoms with Gasteiger partial charge in [-0.2, -0.15) is 5.26 Å². The van der Waals surface area contributed by atoms with Gasteiger partial charge in [-0.05, 0) is 59.8 Å². The van der Waals surface area contributed by atoms with Gasteiger partial charge in [-0.1, -0.05) is 50.6 Å². The monoisotopic (exact) mass is 509 g/mol. The van der Waals surface area contributed by atoms with Gasteiger partial charge < -0.3 is 9.88 Å². The Hall–Kier alpha value is -4.65. The minimum atomic E-state index is -0.588. The van der Waals surface area contributed by atoms with Crippen molar-refractivity contribution in [2.45, 2.75) is 58.0 Å². The highest BCUT2D eigenvalue weighted by Gasteiger charge is 2.32. The first-order valence-electron chi connectivity index (χ1n) is 13.0. The summed E-state index contributed by atoms with van der Waals surface area (Å²) in [6, 6.07) is 12.1. The van der Waals surface area contributed by atoms with Gasteiger partial charge in [0.15, 0.2) is 5.82 Å². The normalized spacial score (nSPS) is 13.9. The van der Waals surface area contributed by atoms with E-state index in [1.807, 2.05) is 46.1 Å². The van der Waals surface area contributed by atoms with Crippen molar-refractivity contribution in [3.8, 4) is 23.3 Å². The molecule has 10 heteroatoms. The smallest absolute Gasteiger partial charge is 0.334 e. The number of aromatic nitrogens is 7. The van der Waals surface area contributed by atoms with Crippen LogP contribution in [0.5, 0.6) is 0 Å². The van der Waals surface area contributed by atoms with Crippen molar-refractivity contribution in [2.24, 2.45) is 0 Å². The molecule has 1 aliphatic heterocycles. The third kappa shape index (κ3) is 4.59. The molecule has 2 N–H and O–H groups in total. The number of nitrogens with one attached hydrogen (secondary N) is 2. The molecule has 0 saturated carbocycles. The Morgan fingerprint density at radius 3 is 2.68 bits per heavy atom. The summed E-state index contributed by atoms with van der Waals surface area (Å²) in [6.07, 6.45) is 15.4. The molecule has 0 saturated heterocycles. The summed E-state index contributed by atoms with van der Waals surface area (Å²) in [5.41, 5.74) is 2.56. The lowest BCUT2D eigenvalue weighted by molar-refractivity contribution is 0.495. The molecule has 3 aromatic heterocycles. The zero-order chi connectivity index (χ0) is 26.5. The van der Waals surface area contributed by atoms with Gasteiger partial charge in [-0.15, -0.1) is 5.10 Å². The Morgan fingerprint density at radius 1 is 1.13 bits per heavy atom. The van der Waals surface area contributed by atoms with Gasteiger partial charge >= 0.3 is 5.69 Å². The molecule has 0 atom stereocenters. The standard InChI is InChI=1S/C28H31N9O/c1-3-5-9-24-19-36(26-22(18-29)10-16-35(26)15-4-2)27(38)37(24)20-28(11-13-30-14-12-28)23-8-6-7-21(17-23)25-31-33-34-32-25/h6-8,10-14,16-17,19,30H,3-5,9,15,20H2,1-2H3,(H,31,32,33,34). The van der Waals surface area contributed by atoms with Crippen molar-refractivity contribution in [2.75, 3.05) is 0 Å². The van der Waals surface area contributed by atoms with Gasteiger partial charge in [0, 0.05) is 36.7 Å². The molecule has 0 unspecified atom stereocenters. The Bertz CT molecular complexity index is 1550. The van der Waals surface area contributed by atoms with Crippen LogP contribution in [0, 0.1) is 11.3 Å². The second-order valence-corrected chi connectivity index (χ2v) is 9.53. The Morgan fingerprint density at radius 2 is 1.97 bits per heavy atom. The van der Waals surface area contributed by atoms with Crippen LogP contribution in [-0.2, 0) is 24.9 Å². The van der Waals surface area contributed by atoms with Crippen molar-refractivity contribution in [3.05, 3.63) is 94.6 Å². The zero-order valence-corrected chi connectivity index (χ0v) is 21.6. The molecule has 0 bridgehead atoms. The van der Waals surface area contributed by atoms with Crippen LogP contribution in [0.2, 0.25) is 0 Å². The van der Waals surface area contributed by atoms with E-state index in [1.54, 1.807) is 10.6 Å². The second-order valence-electron chi connectivity index (χ2n) is 9.53. The summed E-state index contributed by atoms with van der Waals surface area (Å²) in [7, 11) is 0. The van der Waals surface area contributed by atoms with Gasteiger partial charge in [0.05, 0.1) is 11.0 Å². The van der Waals surface area contributed by atoms with Crippen molar-refractivity contribution < 1.29 is 0 Å². The van der Waals surface area contributed by atoms with Gasteiger partial charge in [0.1, 0.15) is 11.9 Å². The maximum atomic E-state index is 14.1. The van der Waals surface area contributed by atoms with E-state index in [0.717, 1.165) is 49.0 Å². The van der Waals surface area contributed by atoms with E-state index in [1.165, 1.54) is 0 Å². The molecule has 0 aliphatic carbocycles. The highest BCUT2D eigenvalue weighted by atomic mass is 16.1. The molecule has 4 aromatic rings. The van der Waals surface area contributed by atoms with Gasteiger partial charge in [0.2, 0.25) is 0 Å². The van der Waals surface area contributed by atoms with E-state index in [4.69, 9.17) is 0 Å². The number of benzene rings is 1. The molecule has 0 amide bonds. The number of aryl methyl sites for hydroxylation is 2. The maximum Gasteiger partial charge on any atom is 0.334 e. The SMILES string of the molecule is CCCCc1cn(-c2c(C#N)ccn2CCC)c(=O)n1CC1(c2cccc(-c3nnn[nH]3)c2)C=CNC=C1. The van der Waals surface area contributed by atoms with E-state index < -0.39 is 5.41 Å². The molecule has 38 heavy (non-hydrogen) atoms. The minimum Gasteiger partial charge on any atom is -0.368 e. The Kier molecular flexibility index (Phi) is 7.09. The summed E-state index contributed by atoms with van der Waals surface area (Å²) in [4.78, 5) is 14.1. The quantitative estimate of drug-likeness (QED) is 0.335. The van der Waals surface area contributed by atoms with Crippen molar-refractivity contribution in [1.82, 2.24) is 39.6 Å². The Balaban J connectivity index is 1.64. The highest BCUT2D eigenvalue weighted by molar-refractivity contribution is 5.57. The lowest BCUT2D eigenvalue weighted by Gasteiger charge is -2.31. The third-order valence-electron chi connectivity index (χ3n) is 6.99. The van der Waals surface area contributed by atoms with Crippen LogP contribution >= 0.6 is 0 Å². The number of nitrogens with zero attached hydrogens (tertiary/aromatic N) is 7. The molecule has 0 spiro atoms. The number of rotatable bonds is 10. The number of tetrazole rings is 1. The largest absolute Gasteiger partial charge is 0.368 e. The van der Waals surface area contributed by atoms with E-state index >= 15 is 0 Å². The average Bonchev–Trinajstić information content (AvgIpc) is 3.69. The van der Waals surface area contributed by atoms with E-state index in [9.17, 15) is 10.1 Å². The molecular weight excluding hydrogens is 478 g/mol. The fourth-order valence-corrected chi connectivity index (χ4v) is 5.04. The molecule has 5 rings (SSSR count). The van der Waals surface area contributed by atoms with Crippen LogP contribution in [0.1, 0.15) is 49.9 Å². The summed E-state index contributed by atoms with van der Waals surface area (Å²) in [5, 5.41) is 27.2. The summed E-state index contributed by atoms with van der Waals surface area (Å²) in [5.74, 6) is 1.21. The number of unbranched alkanes of at least 4 members (excludes halogenated alkanes) is 1. The van der Waals surface area contributed by atoms with Crippen LogP contribution in [0.3, 0.4) is 0 Å². The van der Waals surface area contributed by atoms with Crippen molar-refractivity contribution >= 4 is 0 Å². The lowest BCUT2D eigenvalue weighted by Crippen LogP contribution is -2.36. The predicted molar refractivity (Wildman–Crippen MR) is 144 cm³/mol. The van der Waals surface area contributed by atoms with E-state index in [2.05, 4.69) is 70.1 Å². The van der Waals surface area contributed by atoms with Gasteiger partial charge in [-0.25, -0.2) is 9.89 Å². The molecule has 0 fully saturated rings. The van der Waals surface area contributed by atoms with Crippen LogP contribution in [0.15, 0.2) is 72.1 Å². The molecular formula is C28H31N9O. The first-order chi connectivity index (χ1) is 18.6.